The topological polar surface area (TPSA) is 103 Å². The SMILES string of the molecule is CCc1cc(Nc2ncc(Cl)c(Nc3ccc4nccnc4c3NSC)n2)c(OC)cc1N1CC2CCC1CN2C(C)C. The number of piperazine rings is 1. The van der Waals surface area contributed by atoms with Crippen molar-refractivity contribution in [3.05, 3.63) is 53.4 Å². The predicted octanol–water partition coefficient (Wildman–Crippen LogP) is 6.88. The van der Waals surface area contributed by atoms with Gasteiger partial charge in [-0.05, 0) is 56.9 Å². The molecule has 226 valence electrons. The van der Waals surface area contributed by atoms with Crippen LogP contribution in [0.25, 0.3) is 11.0 Å². The van der Waals surface area contributed by atoms with Crippen LogP contribution in [0.2, 0.25) is 5.02 Å². The van der Waals surface area contributed by atoms with Crippen molar-refractivity contribution in [3.8, 4) is 5.75 Å². The molecular formula is C31H38ClN9OS. The average Bonchev–Trinajstić information content (AvgIpc) is 3.03. The van der Waals surface area contributed by atoms with Crippen LogP contribution in [0, 0.1) is 0 Å². The molecule has 3 aliphatic rings. The molecule has 0 spiro atoms. The lowest BCUT2D eigenvalue weighted by atomic mass is 9.88. The van der Waals surface area contributed by atoms with Gasteiger partial charge in [-0.1, -0.05) is 30.5 Å². The molecule has 4 aromatic rings. The van der Waals surface area contributed by atoms with Crippen LogP contribution in [-0.2, 0) is 6.42 Å². The van der Waals surface area contributed by atoms with Gasteiger partial charge in [0.15, 0.2) is 5.82 Å². The van der Waals surface area contributed by atoms with Gasteiger partial charge in [0.25, 0.3) is 0 Å². The number of anilines is 6. The summed E-state index contributed by atoms with van der Waals surface area (Å²) in [6.45, 7) is 8.98. The van der Waals surface area contributed by atoms with Gasteiger partial charge in [-0.3, -0.25) is 14.9 Å². The van der Waals surface area contributed by atoms with E-state index in [4.69, 9.17) is 21.3 Å². The largest absolute Gasteiger partial charge is 0.494 e. The van der Waals surface area contributed by atoms with E-state index in [2.05, 4.69) is 73.0 Å². The number of piperidine rings is 2. The Labute approximate surface area is 262 Å². The molecule has 0 saturated carbocycles. The minimum Gasteiger partial charge on any atom is -0.494 e. The molecule has 2 atom stereocenters. The fourth-order valence-corrected chi connectivity index (χ4v) is 6.88. The molecule has 2 aromatic carbocycles. The second-order valence-corrected chi connectivity index (χ2v) is 12.2. The first-order chi connectivity index (χ1) is 20.9. The molecule has 12 heteroatoms. The normalized spacial score (nSPS) is 18.3. The Kier molecular flexibility index (Phi) is 8.65. The number of hydrogen-bond acceptors (Lipinski definition) is 11. The van der Waals surface area contributed by atoms with E-state index in [0.29, 0.717) is 34.9 Å². The van der Waals surface area contributed by atoms with E-state index in [1.807, 2.05) is 18.4 Å². The second-order valence-electron chi connectivity index (χ2n) is 11.2. The fourth-order valence-electron chi connectivity index (χ4n) is 6.33. The summed E-state index contributed by atoms with van der Waals surface area (Å²) in [5, 5.41) is 7.15. The van der Waals surface area contributed by atoms with Crippen molar-refractivity contribution in [2.24, 2.45) is 0 Å². The first kappa shape index (κ1) is 29.5. The van der Waals surface area contributed by atoms with Gasteiger partial charge in [0.05, 0.1) is 35.9 Å². The van der Waals surface area contributed by atoms with Gasteiger partial charge < -0.3 is 25.0 Å². The summed E-state index contributed by atoms with van der Waals surface area (Å²) in [4.78, 5) is 23.4. The predicted molar refractivity (Wildman–Crippen MR) is 179 cm³/mol. The van der Waals surface area contributed by atoms with Crippen LogP contribution < -0.4 is 25.0 Å². The number of ether oxygens (including phenoxy) is 1. The van der Waals surface area contributed by atoms with E-state index in [9.17, 15) is 0 Å². The van der Waals surface area contributed by atoms with Crippen LogP contribution in [-0.4, -0.2) is 69.4 Å². The van der Waals surface area contributed by atoms with Gasteiger partial charge in [0, 0.05) is 61.6 Å². The van der Waals surface area contributed by atoms with Crippen molar-refractivity contribution >= 4 is 69.1 Å². The molecule has 0 radical (unpaired) electrons. The van der Waals surface area contributed by atoms with E-state index >= 15 is 0 Å². The Morgan fingerprint density at radius 1 is 1.05 bits per heavy atom. The third-order valence-corrected chi connectivity index (χ3v) is 9.10. The quantitative estimate of drug-likeness (QED) is 0.162. The zero-order valence-electron chi connectivity index (χ0n) is 25.2. The maximum atomic E-state index is 6.57. The maximum absolute atomic E-state index is 6.57. The molecule has 5 heterocycles. The molecule has 0 aliphatic carbocycles. The number of rotatable bonds is 10. The highest BCUT2D eigenvalue weighted by Gasteiger charge is 2.40. The van der Waals surface area contributed by atoms with Gasteiger partial charge in [-0.25, -0.2) is 4.98 Å². The molecule has 2 bridgehead atoms. The number of nitrogens with zero attached hydrogens (tertiary/aromatic N) is 6. The number of halogens is 1. The highest BCUT2D eigenvalue weighted by Crippen LogP contribution is 2.41. The van der Waals surface area contributed by atoms with Crippen molar-refractivity contribution in [2.45, 2.75) is 58.2 Å². The molecule has 7 rings (SSSR count). The summed E-state index contributed by atoms with van der Waals surface area (Å²) in [6.07, 6.45) is 10.3. The van der Waals surface area contributed by atoms with E-state index in [1.165, 1.54) is 36.0 Å². The molecular weight excluding hydrogens is 582 g/mol. The third-order valence-electron chi connectivity index (χ3n) is 8.41. The number of hydrogen-bond donors (Lipinski definition) is 3. The van der Waals surface area contributed by atoms with Crippen LogP contribution in [0.3, 0.4) is 0 Å². The molecule has 3 aliphatic heterocycles. The molecule has 3 fully saturated rings. The summed E-state index contributed by atoms with van der Waals surface area (Å²) < 4.78 is 9.22. The average molecular weight is 620 g/mol. The van der Waals surface area contributed by atoms with Gasteiger partial charge in [0.2, 0.25) is 5.95 Å². The molecule has 43 heavy (non-hydrogen) atoms. The molecule has 3 saturated heterocycles. The monoisotopic (exact) mass is 619 g/mol. The molecule has 0 amide bonds. The fraction of sp³-hybridized carbons (Fsp3) is 0.419. The summed E-state index contributed by atoms with van der Waals surface area (Å²) in [6, 6.07) is 9.87. The number of fused-ring (bicyclic) bond motifs is 4. The summed E-state index contributed by atoms with van der Waals surface area (Å²) in [7, 11) is 1.71. The number of aryl methyl sites for hydroxylation is 1. The van der Waals surface area contributed by atoms with Gasteiger partial charge in [-0.2, -0.15) is 4.98 Å². The zero-order chi connectivity index (χ0) is 30.1. The number of aromatic nitrogens is 4. The maximum Gasteiger partial charge on any atom is 0.229 e. The van der Waals surface area contributed by atoms with Crippen LogP contribution >= 0.6 is 23.5 Å². The summed E-state index contributed by atoms with van der Waals surface area (Å²) >= 11 is 8.04. The first-order valence-electron chi connectivity index (χ1n) is 14.7. The Balaban J connectivity index is 1.28. The standard InChI is InChI=1S/C31H38ClN9OS/c1-6-19-13-25(27(42-4)14-26(19)41-17-20-7-8-21(41)16-40(20)18(2)3)37-31-35-15-22(32)30(38-31)36-24-10-9-23-28(29(24)39-43-5)34-12-11-33-23/h9-15,18,20-21,39H,6-8,16-17H2,1-5H3,(H2,35,36,37,38). The third kappa shape index (κ3) is 5.85. The Bertz CT molecular complexity index is 1620. The van der Waals surface area contributed by atoms with Crippen molar-refractivity contribution in [3.63, 3.8) is 0 Å². The highest BCUT2D eigenvalue weighted by molar-refractivity contribution is 7.99. The highest BCUT2D eigenvalue weighted by atomic mass is 35.5. The van der Waals surface area contributed by atoms with E-state index in [1.54, 1.807) is 25.7 Å². The lowest BCUT2D eigenvalue weighted by molar-refractivity contribution is 0.0672. The second kappa shape index (κ2) is 12.6. The molecule has 2 unspecified atom stereocenters. The van der Waals surface area contributed by atoms with Crippen LogP contribution in [0.4, 0.5) is 34.5 Å². The number of nitrogens with one attached hydrogen (secondary N) is 3. The van der Waals surface area contributed by atoms with Crippen molar-refractivity contribution in [1.82, 2.24) is 24.8 Å². The van der Waals surface area contributed by atoms with E-state index < -0.39 is 0 Å². The van der Waals surface area contributed by atoms with Crippen LogP contribution in [0.1, 0.15) is 39.2 Å². The van der Waals surface area contributed by atoms with E-state index in [-0.39, 0.29) is 0 Å². The smallest absolute Gasteiger partial charge is 0.229 e. The van der Waals surface area contributed by atoms with Crippen LogP contribution in [0.5, 0.6) is 5.75 Å². The number of benzene rings is 2. The summed E-state index contributed by atoms with van der Waals surface area (Å²) in [5.41, 5.74) is 6.46. The zero-order valence-corrected chi connectivity index (χ0v) is 26.8. The van der Waals surface area contributed by atoms with Gasteiger partial charge in [-0.15, -0.1) is 0 Å². The Morgan fingerprint density at radius 2 is 1.86 bits per heavy atom. The van der Waals surface area contributed by atoms with E-state index in [0.717, 1.165) is 53.4 Å². The lowest BCUT2D eigenvalue weighted by Gasteiger charge is -2.54. The minimum absolute atomic E-state index is 0.395. The molecule has 3 N–H and O–H groups in total. The Hall–Kier alpha value is -3.54. The van der Waals surface area contributed by atoms with Crippen LogP contribution in [0.15, 0.2) is 42.9 Å². The van der Waals surface area contributed by atoms with Crippen molar-refractivity contribution < 1.29 is 4.74 Å². The van der Waals surface area contributed by atoms with Crippen molar-refractivity contribution in [1.29, 1.82) is 0 Å². The first-order valence-corrected chi connectivity index (χ1v) is 16.3. The molecule has 2 aromatic heterocycles. The minimum atomic E-state index is 0.395. The van der Waals surface area contributed by atoms with Gasteiger partial charge in [0.1, 0.15) is 16.3 Å². The van der Waals surface area contributed by atoms with Crippen molar-refractivity contribution in [2.75, 3.05) is 46.7 Å². The Morgan fingerprint density at radius 3 is 2.58 bits per heavy atom. The number of methoxy groups -OCH3 is 1. The molecule has 10 nitrogen and oxygen atoms in total. The lowest BCUT2D eigenvalue weighted by Crippen LogP contribution is -2.64. The van der Waals surface area contributed by atoms with Gasteiger partial charge >= 0.3 is 0 Å². The summed E-state index contributed by atoms with van der Waals surface area (Å²) in [5.74, 6) is 1.63.